The molecule has 2 heterocycles. The lowest BCUT2D eigenvalue weighted by Gasteiger charge is -2.34. The third-order valence-electron chi connectivity index (χ3n) is 6.50. The van der Waals surface area contributed by atoms with Crippen LogP contribution >= 0.6 is 0 Å². The van der Waals surface area contributed by atoms with E-state index in [0.717, 1.165) is 35.5 Å². The summed E-state index contributed by atoms with van der Waals surface area (Å²) in [6.07, 6.45) is -2.13. The van der Waals surface area contributed by atoms with Crippen LogP contribution in [0.5, 0.6) is 0 Å². The number of rotatable bonds is 7. The van der Waals surface area contributed by atoms with Crippen molar-refractivity contribution in [2.45, 2.75) is 50.3 Å². The van der Waals surface area contributed by atoms with Crippen molar-refractivity contribution in [3.63, 3.8) is 0 Å². The Morgan fingerprint density at radius 3 is 2.35 bits per heavy atom. The SMILES string of the molecule is CC[C@@H]1CN(c2ncc(C(F)(F)F)cn2)Cc2cc(C(=O)NCc3ccc(S(=O)(=O)CC)cc3)ccc21. The number of nitrogens with one attached hydrogen (secondary N) is 1. The maximum absolute atomic E-state index is 12.9. The minimum absolute atomic E-state index is 0.0166. The van der Waals surface area contributed by atoms with Crippen LogP contribution in [0.3, 0.4) is 0 Å². The van der Waals surface area contributed by atoms with Crippen LogP contribution in [-0.2, 0) is 29.1 Å². The van der Waals surface area contributed by atoms with Gasteiger partial charge in [0.2, 0.25) is 5.95 Å². The molecule has 0 bridgehead atoms. The average molecular weight is 533 g/mol. The van der Waals surface area contributed by atoms with Crippen LogP contribution in [-0.4, -0.2) is 36.6 Å². The van der Waals surface area contributed by atoms with E-state index < -0.39 is 21.6 Å². The maximum Gasteiger partial charge on any atom is 0.419 e. The summed E-state index contributed by atoms with van der Waals surface area (Å²) < 4.78 is 62.6. The Morgan fingerprint density at radius 1 is 1.08 bits per heavy atom. The Labute approximate surface area is 213 Å². The van der Waals surface area contributed by atoms with Crippen LogP contribution in [0, 0.1) is 0 Å². The van der Waals surface area contributed by atoms with Crippen molar-refractivity contribution in [2.75, 3.05) is 17.2 Å². The van der Waals surface area contributed by atoms with Gasteiger partial charge in [0.1, 0.15) is 0 Å². The second-order valence-corrected chi connectivity index (χ2v) is 11.2. The van der Waals surface area contributed by atoms with E-state index in [2.05, 4.69) is 15.3 Å². The second-order valence-electron chi connectivity index (χ2n) is 8.90. The van der Waals surface area contributed by atoms with Crippen molar-refractivity contribution in [3.05, 3.63) is 82.7 Å². The highest BCUT2D eigenvalue weighted by Crippen LogP contribution is 2.34. The molecule has 0 saturated carbocycles. The fraction of sp³-hybridized carbons (Fsp3) is 0.346. The van der Waals surface area contributed by atoms with E-state index in [4.69, 9.17) is 0 Å². The van der Waals surface area contributed by atoms with Gasteiger partial charge in [-0.05, 0) is 47.4 Å². The molecule has 1 amide bonds. The van der Waals surface area contributed by atoms with Gasteiger partial charge in [0.15, 0.2) is 9.84 Å². The number of carbonyl (C=O) groups is 1. The maximum atomic E-state index is 12.9. The number of amides is 1. The van der Waals surface area contributed by atoms with Crippen LogP contribution < -0.4 is 10.2 Å². The summed E-state index contributed by atoms with van der Waals surface area (Å²) >= 11 is 0. The van der Waals surface area contributed by atoms with Gasteiger partial charge in [-0.3, -0.25) is 4.79 Å². The fourth-order valence-corrected chi connectivity index (χ4v) is 5.20. The van der Waals surface area contributed by atoms with Gasteiger partial charge in [0.05, 0.1) is 16.2 Å². The molecule has 1 atom stereocenters. The van der Waals surface area contributed by atoms with E-state index in [9.17, 15) is 26.4 Å². The number of nitrogens with zero attached hydrogens (tertiary/aromatic N) is 3. The van der Waals surface area contributed by atoms with Gasteiger partial charge in [0.25, 0.3) is 5.91 Å². The number of hydrogen-bond donors (Lipinski definition) is 1. The molecule has 11 heteroatoms. The van der Waals surface area contributed by atoms with E-state index >= 15 is 0 Å². The number of aromatic nitrogens is 2. The van der Waals surface area contributed by atoms with Gasteiger partial charge in [-0.2, -0.15) is 13.2 Å². The first-order valence-electron chi connectivity index (χ1n) is 11.9. The summed E-state index contributed by atoms with van der Waals surface area (Å²) in [6.45, 7) is 4.77. The molecule has 0 unspecified atom stereocenters. The van der Waals surface area contributed by atoms with E-state index in [1.54, 1.807) is 31.2 Å². The van der Waals surface area contributed by atoms with E-state index in [-0.39, 0.29) is 35.0 Å². The van der Waals surface area contributed by atoms with E-state index in [1.165, 1.54) is 12.1 Å². The van der Waals surface area contributed by atoms with Gasteiger partial charge in [-0.25, -0.2) is 18.4 Å². The van der Waals surface area contributed by atoms with Crippen molar-refractivity contribution in [2.24, 2.45) is 0 Å². The lowest BCUT2D eigenvalue weighted by molar-refractivity contribution is -0.138. The van der Waals surface area contributed by atoms with Crippen molar-refractivity contribution in [1.82, 2.24) is 15.3 Å². The second kappa shape index (κ2) is 10.5. The first-order valence-corrected chi connectivity index (χ1v) is 13.5. The van der Waals surface area contributed by atoms with Crippen LogP contribution in [0.4, 0.5) is 19.1 Å². The molecule has 0 fully saturated rings. The first kappa shape index (κ1) is 26.6. The molecular weight excluding hydrogens is 505 g/mol. The molecule has 196 valence electrons. The number of fused-ring (bicyclic) bond motifs is 1. The predicted octanol–water partition coefficient (Wildman–Crippen LogP) is 4.73. The van der Waals surface area contributed by atoms with E-state index in [0.29, 0.717) is 18.7 Å². The number of sulfone groups is 1. The number of benzene rings is 2. The summed E-state index contributed by atoms with van der Waals surface area (Å²) in [7, 11) is -3.29. The summed E-state index contributed by atoms with van der Waals surface area (Å²) in [4.78, 5) is 22.8. The molecule has 0 spiro atoms. The molecule has 1 N–H and O–H groups in total. The van der Waals surface area contributed by atoms with Gasteiger partial charge >= 0.3 is 6.18 Å². The van der Waals surface area contributed by atoms with Crippen molar-refractivity contribution < 1.29 is 26.4 Å². The smallest absolute Gasteiger partial charge is 0.348 e. The van der Waals surface area contributed by atoms with Gasteiger partial charge < -0.3 is 10.2 Å². The normalized spacial score (nSPS) is 15.8. The molecule has 0 saturated heterocycles. The lowest BCUT2D eigenvalue weighted by Crippen LogP contribution is -2.35. The Morgan fingerprint density at radius 2 is 1.76 bits per heavy atom. The zero-order valence-corrected chi connectivity index (χ0v) is 21.2. The Hall–Kier alpha value is -3.47. The Balaban J connectivity index is 1.48. The number of halogens is 3. The average Bonchev–Trinajstić information content (AvgIpc) is 2.90. The lowest BCUT2D eigenvalue weighted by atomic mass is 9.87. The number of alkyl halides is 3. The summed E-state index contributed by atoms with van der Waals surface area (Å²) in [5.74, 6) is 0.0529. The molecule has 2 aromatic carbocycles. The van der Waals surface area contributed by atoms with Crippen LogP contribution in [0.1, 0.15) is 58.8 Å². The number of anilines is 1. The quantitative estimate of drug-likeness (QED) is 0.473. The molecule has 1 aliphatic rings. The largest absolute Gasteiger partial charge is 0.419 e. The minimum atomic E-state index is -4.50. The Bertz CT molecular complexity index is 1380. The zero-order chi connectivity index (χ0) is 26.8. The predicted molar refractivity (Wildman–Crippen MR) is 133 cm³/mol. The zero-order valence-electron chi connectivity index (χ0n) is 20.4. The molecule has 0 radical (unpaired) electrons. The summed E-state index contributed by atoms with van der Waals surface area (Å²) in [6, 6.07) is 11.9. The number of hydrogen-bond acceptors (Lipinski definition) is 6. The summed E-state index contributed by atoms with van der Waals surface area (Å²) in [5, 5.41) is 2.85. The fourth-order valence-electron chi connectivity index (χ4n) is 4.31. The minimum Gasteiger partial charge on any atom is -0.348 e. The molecule has 1 aliphatic heterocycles. The molecule has 3 aromatic rings. The van der Waals surface area contributed by atoms with Crippen LogP contribution in [0.2, 0.25) is 0 Å². The number of carbonyl (C=O) groups excluding carboxylic acids is 1. The molecule has 0 aliphatic carbocycles. The first-order chi connectivity index (χ1) is 17.5. The van der Waals surface area contributed by atoms with Crippen molar-refractivity contribution in [3.8, 4) is 0 Å². The summed E-state index contributed by atoms with van der Waals surface area (Å²) in [5.41, 5.74) is 2.30. The molecule has 7 nitrogen and oxygen atoms in total. The topological polar surface area (TPSA) is 92.3 Å². The van der Waals surface area contributed by atoms with E-state index in [1.807, 2.05) is 17.9 Å². The third kappa shape index (κ3) is 5.93. The van der Waals surface area contributed by atoms with Gasteiger partial charge in [-0.1, -0.05) is 32.0 Å². The highest BCUT2D eigenvalue weighted by molar-refractivity contribution is 7.91. The monoisotopic (exact) mass is 532 g/mol. The van der Waals surface area contributed by atoms with Crippen molar-refractivity contribution >= 4 is 21.7 Å². The molecule has 37 heavy (non-hydrogen) atoms. The van der Waals surface area contributed by atoms with Crippen molar-refractivity contribution in [1.29, 1.82) is 0 Å². The van der Waals surface area contributed by atoms with Gasteiger partial charge in [0, 0.05) is 43.5 Å². The van der Waals surface area contributed by atoms with Crippen LogP contribution in [0.15, 0.2) is 59.8 Å². The molecular formula is C26H27F3N4O3S. The highest BCUT2D eigenvalue weighted by Gasteiger charge is 2.32. The highest BCUT2D eigenvalue weighted by atomic mass is 32.2. The Kier molecular flexibility index (Phi) is 7.54. The van der Waals surface area contributed by atoms with Crippen LogP contribution in [0.25, 0.3) is 0 Å². The molecule has 4 rings (SSSR count). The third-order valence-corrected chi connectivity index (χ3v) is 8.25. The standard InChI is InChI=1S/C26H27F3N4O3S/c1-3-18-15-33(25-31-13-21(14-32-25)26(27,28)29)16-20-11-19(7-10-23(18)20)24(34)30-12-17-5-8-22(9-6-17)37(35,36)4-2/h5-11,13-14,18H,3-4,12,15-16H2,1-2H3,(H,30,34)/t18-/m1/s1. The molecule has 1 aromatic heterocycles. The van der Waals surface area contributed by atoms with Gasteiger partial charge in [-0.15, -0.1) is 0 Å².